The van der Waals surface area contributed by atoms with Gasteiger partial charge in [-0.1, -0.05) is 48.3 Å². The second-order valence-electron chi connectivity index (χ2n) is 4.43. The van der Waals surface area contributed by atoms with Gasteiger partial charge in [0.2, 0.25) is 0 Å². The molecule has 1 unspecified atom stereocenters. The van der Waals surface area contributed by atoms with Crippen molar-refractivity contribution in [1.82, 2.24) is 0 Å². The highest BCUT2D eigenvalue weighted by atomic mass is 79.9. The largest absolute Gasteiger partial charge is 0.391 e. The Morgan fingerprint density at radius 2 is 2.06 bits per heavy atom. The van der Waals surface area contributed by atoms with Gasteiger partial charge in [-0.25, -0.2) is 0 Å². The quantitative estimate of drug-likeness (QED) is 0.893. The third-order valence-corrected chi connectivity index (χ3v) is 3.80. The molecule has 0 spiro atoms. The van der Waals surface area contributed by atoms with E-state index in [0.29, 0.717) is 0 Å². The predicted octanol–water partition coefficient (Wildman–Crippen LogP) is 3.16. The van der Waals surface area contributed by atoms with Gasteiger partial charge in [0.1, 0.15) is 0 Å². The highest BCUT2D eigenvalue weighted by Crippen LogP contribution is 2.28. The second-order valence-corrected chi connectivity index (χ2v) is 5.28. The van der Waals surface area contributed by atoms with Gasteiger partial charge >= 0.3 is 0 Å². The molecule has 1 rings (SSSR count). The van der Waals surface area contributed by atoms with Gasteiger partial charge < -0.3 is 10.8 Å². The molecule has 90 valence electrons. The first kappa shape index (κ1) is 13.7. The Hall–Kier alpha value is -0.380. The van der Waals surface area contributed by atoms with E-state index in [1.165, 1.54) is 5.56 Å². The molecule has 0 amide bonds. The second kappa shape index (κ2) is 5.80. The number of aliphatic hydroxyl groups excluding tert-OH is 1. The maximum absolute atomic E-state index is 10.1. The zero-order chi connectivity index (χ0) is 12.3. The Labute approximate surface area is 106 Å². The van der Waals surface area contributed by atoms with Crippen molar-refractivity contribution in [3.05, 3.63) is 33.8 Å². The van der Waals surface area contributed by atoms with Crippen molar-refractivity contribution in [3.8, 4) is 0 Å². The Kier molecular flexibility index (Phi) is 4.96. The maximum atomic E-state index is 10.1. The van der Waals surface area contributed by atoms with E-state index < -0.39 is 6.10 Å². The Bertz CT molecular complexity index is 354. The Morgan fingerprint density at radius 3 is 2.56 bits per heavy atom. The van der Waals surface area contributed by atoms with Crippen molar-refractivity contribution in [2.24, 2.45) is 11.7 Å². The summed E-state index contributed by atoms with van der Waals surface area (Å²) in [7, 11) is 0. The predicted molar refractivity (Wildman–Crippen MR) is 71.3 cm³/mol. The Morgan fingerprint density at radius 1 is 1.44 bits per heavy atom. The van der Waals surface area contributed by atoms with E-state index in [9.17, 15) is 5.11 Å². The van der Waals surface area contributed by atoms with Crippen LogP contribution in [0.5, 0.6) is 0 Å². The normalized spacial score (nSPS) is 16.9. The SMILES string of the molecule is CCC(C)[C@@H](O)[C@@H](N)c1ccc(C)cc1Br. The van der Waals surface area contributed by atoms with E-state index in [2.05, 4.69) is 22.9 Å². The summed E-state index contributed by atoms with van der Waals surface area (Å²) in [6, 6.07) is 5.70. The van der Waals surface area contributed by atoms with Crippen molar-refractivity contribution in [2.45, 2.75) is 39.3 Å². The molecule has 0 fully saturated rings. The van der Waals surface area contributed by atoms with Crippen LogP contribution in [0.15, 0.2) is 22.7 Å². The summed E-state index contributed by atoms with van der Waals surface area (Å²) >= 11 is 3.50. The number of hydrogen-bond donors (Lipinski definition) is 2. The standard InChI is InChI=1S/C13H20BrNO/c1-4-9(3)13(16)12(15)10-6-5-8(2)7-11(10)14/h5-7,9,12-13,16H,4,15H2,1-3H3/t9?,12-,13+/m0/s1. The number of aliphatic hydroxyl groups is 1. The fourth-order valence-electron chi connectivity index (χ4n) is 1.68. The molecule has 3 N–H and O–H groups in total. The molecule has 16 heavy (non-hydrogen) atoms. The highest BCUT2D eigenvalue weighted by Gasteiger charge is 2.23. The molecule has 0 saturated heterocycles. The fraction of sp³-hybridized carbons (Fsp3) is 0.538. The molecule has 0 bridgehead atoms. The third kappa shape index (κ3) is 3.06. The smallest absolute Gasteiger partial charge is 0.0758 e. The fourth-order valence-corrected chi connectivity index (χ4v) is 2.44. The van der Waals surface area contributed by atoms with Gasteiger partial charge in [-0.05, 0) is 30.0 Å². The van der Waals surface area contributed by atoms with Crippen LogP contribution in [-0.4, -0.2) is 11.2 Å². The van der Waals surface area contributed by atoms with Crippen LogP contribution in [0.4, 0.5) is 0 Å². The van der Waals surface area contributed by atoms with Crippen LogP contribution >= 0.6 is 15.9 Å². The summed E-state index contributed by atoms with van der Waals surface area (Å²) in [5, 5.41) is 10.1. The van der Waals surface area contributed by atoms with Gasteiger partial charge in [-0.3, -0.25) is 0 Å². The minimum absolute atomic E-state index is 0.211. The summed E-state index contributed by atoms with van der Waals surface area (Å²) < 4.78 is 0.974. The van der Waals surface area contributed by atoms with Gasteiger partial charge in [0.25, 0.3) is 0 Å². The molecule has 0 aromatic heterocycles. The molecule has 0 aliphatic carbocycles. The first-order chi connectivity index (χ1) is 7.47. The van der Waals surface area contributed by atoms with Crippen LogP contribution in [-0.2, 0) is 0 Å². The molecule has 0 aliphatic heterocycles. The van der Waals surface area contributed by atoms with Gasteiger partial charge in [-0.2, -0.15) is 0 Å². The minimum atomic E-state index is -0.496. The van der Waals surface area contributed by atoms with E-state index in [1.54, 1.807) is 0 Å². The average Bonchev–Trinajstić information content (AvgIpc) is 2.26. The van der Waals surface area contributed by atoms with Crippen molar-refractivity contribution >= 4 is 15.9 Å². The number of aryl methyl sites for hydroxylation is 1. The van der Waals surface area contributed by atoms with E-state index in [-0.39, 0.29) is 12.0 Å². The molecule has 0 aliphatic rings. The first-order valence-electron chi connectivity index (χ1n) is 5.67. The average molecular weight is 286 g/mol. The summed E-state index contributed by atoms with van der Waals surface area (Å²) in [4.78, 5) is 0. The molecular formula is C13H20BrNO. The molecule has 1 aromatic carbocycles. The highest BCUT2D eigenvalue weighted by molar-refractivity contribution is 9.10. The molecule has 3 heteroatoms. The summed E-state index contributed by atoms with van der Waals surface area (Å²) in [5.74, 6) is 0.211. The van der Waals surface area contributed by atoms with Crippen LogP contribution in [0.25, 0.3) is 0 Å². The van der Waals surface area contributed by atoms with Gasteiger partial charge in [0.05, 0.1) is 12.1 Å². The van der Waals surface area contributed by atoms with Crippen molar-refractivity contribution in [2.75, 3.05) is 0 Å². The number of benzene rings is 1. The molecule has 0 radical (unpaired) electrons. The van der Waals surface area contributed by atoms with Crippen LogP contribution in [0.3, 0.4) is 0 Å². The molecular weight excluding hydrogens is 266 g/mol. The summed E-state index contributed by atoms with van der Waals surface area (Å²) in [5.41, 5.74) is 8.24. The lowest BCUT2D eigenvalue weighted by Gasteiger charge is -2.25. The molecule has 2 nitrogen and oxygen atoms in total. The number of halogens is 1. The number of hydrogen-bond acceptors (Lipinski definition) is 2. The first-order valence-corrected chi connectivity index (χ1v) is 6.46. The van der Waals surface area contributed by atoms with E-state index in [0.717, 1.165) is 16.5 Å². The number of rotatable bonds is 4. The zero-order valence-electron chi connectivity index (χ0n) is 10.1. The lowest BCUT2D eigenvalue weighted by atomic mass is 9.91. The van der Waals surface area contributed by atoms with Crippen molar-refractivity contribution in [3.63, 3.8) is 0 Å². The lowest BCUT2D eigenvalue weighted by Crippen LogP contribution is -2.31. The molecule has 1 aromatic rings. The molecule has 0 heterocycles. The molecule has 3 atom stereocenters. The minimum Gasteiger partial charge on any atom is -0.391 e. The van der Waals surface area contributed by atoms with Gasteiger partial charge in [0, 0.05) is 4.47 Å². The summed E-state index contributed by atoms with van der Waals surface area (Å²) in [6.07, 6.45) is 0.433. The Balaban J connectivity index is 2.91. The van der Waals surface area contributed by atoms with Crippen LogP contribution in [0.2, 0.25) is 0 Å². The van der Waals surface area contributed by atoms with Crippen molar-refractivity contribution in [1.29, 1.82) is 0 Å². The number of nitrogens with two attached hydrogens (primary N) is 1. The van der Waals surface area contributed by atoms with E-state index in [4.69, 9.17) is 5.73 Å². The summed E-state index contributed by atoms with van der Waals surface area (Å²) in [6.45, 7) is 6.11. The van der Waals surface area contributed by atoms with Gasteiger partial charge in [-0.15, -0.1) is 0 Å². The van der Waals surface area contributed by atoms with E-state index >= 15 is 0 Å². The van der Waals surface area contributed by atoms with Crippen LogP contribution in [0.1, 0.15) is 37.4 Å². The van der Waals surface area contributed by atoms with E-state index in [1.807, 2.05) is 32.0 Å². The topological polar surface area (TPSA) is 46.2 Å². The van der Waals surface area contributed by atoms with Crippen molar-refractivity contribution < 1.29 is 5.11 Å². The lowest BCUT2D eigenvalue weighted by molar-refractivity contribution is 0.0877. The van der Waals surface area contributed by atoms with Gasteiger partial charge in [0.15, 0.2) is 0 Å². The monoisotopic (exact) mass is 285 g/mol. The third-order valence-electron chi connectivity index (χ3n) is 3.11. The zero-order valence-corrected chi connectivity index (χ0v) is 11.7. The maximum Gasteiger partial charge on any atom is 0.0758 e. The van der Waals surface area contributed by atoms with Crippen LogP contribution < -0.4 is 5.73 Å². The van der Waals surface area contributed by atoms with Crippen LogP contribution in [0, 0.1) is 12.8 Å². The molecule has 0 saturated carbocycles.